The van der Waals surface area contributed by atoms with Gasteiger partial charge < -0.3 is 10.5 Å². The van der Waals surface area contributed by atoms with Crippen molar-refractivity contribution in [3.05, 3.63) is 64.7 Å². The molecule has 1 fully saturated rings. The highest BCUT2D eigenvalue weighted by Crippen LogP contribution is 2.43. The molecule has 0 aromatic heterocycles. The lowest BCUT2D eigenvalue weighted by atomic mass is 9.92. The number of hydrogen-bond acceptors (Lipinski definition) is 2. The lowest BCUT2D eigenvalue weighted by Crippen LogP contribution is -2.24. The molecule has 2 nitrogen and oxygen atoms in total. The summed E-state index contributed by atoms with van der Waals surface area (Å²) in [7, 11) is 0. The third kappa shape index (κ3) is 2.44. The fraction of sp³-hybridized carbons (Fsp3) is 0.368. The molecule has 0 saturated heterocycles. The van der Waals surface area contributed by atoms with E-state index in [9.17, 15) is 0 Å². The Kier molecular flexibility index (Phi) is 3.00. The van der Waals surface area contributed by atoms with Crippen LogP contribution in [-0.4, -0.2) is 0 Å². The van der Waals surface area contributed by atoms with Crippen molar-refractivity contribution in [2.45, 2.75) is 44.2 Å². The van der Waals surface area contributed by atoms with Gasteiger partial charge >= 0.3 is 0 Å². The predicted molar refractivity (Wildman–Crippen MR) is 84.5 cm³/mol. The Hall–Kier alpha value is -1.80. The van der Waals surface area contributed by atoms with E-state index in [-0.39, 0.29) is 12.1 Å². The molecule has 1 aliphatic heterocycles. The molecular formula is C19H21NO. The average molecular weight is 279 g/mol. The Morgan fingerprint density at radius 2 is 1.86 bits per heavy atom. The molecule has 0 spiro atoms. The molecule has 0 bridgehead atoms. The zero-order chi connectivity index (χ0) is 14.4. The number of fused-ring (bicyclic) bond motifs is 1. The molecule has 4 rings (SSSR count). The van der Waals surface area contributed by atoms with E-state index in [1.807, 2.05) is 0 Å². The van der Waals surface area contributed by atoms with Crippen LogP contribution >= 0.6 is 0 Å². The summed E-state index contributed by atoms with van der Waals surface area (Å²) in [5.41, 5.74) is 11.5. The van der Waals surface area contributed by atoms with Crippen LogP contribution in [0.3, 0.4) is 0 Å². The lowest BCUT2D eigenvalue weighted by molar-refractivity contribution is 0.161. The van der Waals surface area contributed by atoms with Crippen molar-refractivity contribution in [2.75, 3.05) is 0 Å². The Bertz CT molecular complexity index is 675. The first-order valence-electron chi connectivity index (χ1n) is 7.83. The van der Waals surface area contributed by atoms with Crippen LogP contribution in [0.2, 0.25) is 0 Å². The SMILES string of the molecule is Cc1ccc2c(c1)[C@H](N)CC(c1cccc(C3CC3)c1)O2. The summed E-state index contributed by atoms with van der Waals surface area (Å²) in [5.74, 6) is 1.72. The fourth-order valence-corrected chi connectivity index (χ4v) is 3.26. The fourth-order valence-electron chi connectivity index (χ4n) is 3.26. The highest BCUT2D eigenvalue weighted by molar-refractivity contribution is 5.42. The molecule has 0 amide bonds. The molecule has 21 heavy (non-hydrogen) atoms. The molecule has 2 aromatic carbocycles. The molecular weight excluding hydrogens is 258 g/mol. The minimum atomic E-state index is 0.0585. The second-order valence-electron chi connectivity index (χ2n) is 6.43. The smallest absolute Gasteiger partial charge is 0.126 e. The molecule has 1 heterocycles. The summed E-state index contributed by atoms with van der Waals surface area (Å²) in [4.78, 5) is 0. The van der Waals surface area contributed by atoms with Crippen molar-refractivity contribution in [2.24, 2.45) is 5.73 Å². The van der Waals surface area contributed by atoms with E-state index in [1.165, 1.54) is 29.5 Å². The van der Waals surface area contributed by atoms with Crippen molar-refractivity contribution >= 4 is 0 Å². The van der Waals surface area contributed by atoms with Crippen molar-refractivity contribution < 1.29 is 4.74 Å². The van der Waals surface area contributed by atoms with Crippen LogP contribution in [-0.2, 0) is 0 Å². The van der Waals surface area contributed by atoms with Gasteiger partial charge in [0, 0.05) is 18.0 Å². The Labute approximate surface area is 125 Å². The maximum absolute atomic E-state index is 6.37. The second kappa shape index (κ2) is 4.88. The highest BCUT2D eigenvalue weighted by atomic mass is 16.5. The van der Waals surface area contributed by atoms with E-state index in [0.717, 1.165) is 23.7 Å². The van der Waals surface area contributed by atoms with Gasteiger partial charge in [0.1, 0.15) is 11.9 Å². The monoisotopic (exact) mass is 279 g/mol. The molecule has 2 aromatic rings. The third-order valence-electron chi connectivity index (χ3n) is 4.63. The minimum Gasteiger partial charge on any atom is -0.485 e. The van der Waals surface area contributed by atoms with E-state index in [4.69, 9.17) is 10.5 Å². The molecule has 2 N–H and O–H groups in total. The first kappa shape index (κ1) is 12.9. The molecule has 1 saturated carbocycles. The van der Waals surface area contributed by atoms with Gasteiger partial charge in [-0.3, -0.25) is 0 Å². The van der Waals surface area contributed by atoms with Gasteiger partial charge in [-0.25, -0.2) is 0 Å². The van der Waals surface area contributed by atoms with Crippen LogP contribution in [0.25, 0.3) is 0 Å². The minimum absolute atomic E-state index is 0.0585. The van der Waals surface area contributed by atoms with Crippen molar-refractivity contribution in [3.63, 3.8) is 0 Å². The summed E-state index contributed by atoms with van der Waals surface area (Å²) in [5, 5.41) is 0. The number of aryl methyl sites for hydroxylation is 1. The van der Waals surface area contributed by atoms with Gasteiger partial charge in [-0.15, -0.1) is 0 Å². The van der Waals surface area contributed by atoms with E-state index in [2.05, 4.69) is 49.4 Å². The Morgan fingerprint density at radius 3 is 2.67 bits per heavy atom. The molecule has 0 radical (unpaired) electrons. The van der Waals surface area contributed by atoms with E-state index >= 15 is 0 Å². The number of benzene rings is 2. The van der Waals surface area contributed by atoms with Crippen molar-refractivity contribution in [1.82, 2.24) is 0 Å². The lowest BCUT2D eigenvalue weighted by Gasteiger charge is -2.31. The molecule has 2 aliphatic rings. The van der Waals surface area contributed by atoms with Crippen LogP contribution in [0.4, 0.5) is 0 Å². The average Bonchev–Trinajstić information content (AvgIpc) is 3.33. The van der Waals surface area contributed by atoms with Gasteiger partial charge in [-0.2, -0.15) is 0 Å². The molecule has 1 aliphatic carbocycles. The maximum Gasteiger partial charge on any atom is 0.126 e. The Morgan fingerprint density at radius 1 is 1.05 bits per heavy atom. The van der Waals surface area contributed by atoms with Gasteiger partial charge in [0.05, 0.1) is 0 Å². The van der Waals surface area contributed by atoms with E-state index in [0.29, 0.717) is 0 Å². The number of nitrogens with two attached hydrogens (primary N) is 1. The topological polar surface area (TPSA) is 35.2 Å². The van der Waals surface area contributed by atoms with Crippen LogP contribution in [0.15, 0.2) is 42.5 Å². The number of rotatable bonds is 2. The largest absolute Gasteiger partial charge is 0.485 e. The van der Waals surface area contributed by atoms with E-state index < -0.39 is 0 Å². The van der Waals surface area contributed by atoms with Crippen molar-refractivity contribution in [3.8, 4) is 5.75 Å². The van der Waals surface area contributed by atoms with Crippen LogP contribution in [0.1, 0.15) is 59.6 Å². The van der Waals surface area contributed by atoms with Gasteiger partial charge in [-0.05, 0) is 42.9 Å². The standard InChI is InChI=1S/C19H21NO/c1-12-5-8-18-16(9-12)17(20)11-19(21-18)15-4-2-3-14(10-15)13-6-7-13/h2-5,8-10,13,17,19H,6-7,11,20H2,1H3/t17-,19?/m1/s1. The van der Waals surface area contributed by atoms with Crippen molar-refractivity contribution in [1.29, 1.82) is 0 Å². The molecule has 2 heteroatoms. The summed E-state index contributed by atoms with van der Waals surface area (Å²) in [6, 6.07) is 15.2. The predicted octanol–water partition coefficient (Wildman–Crippen LogP) is 4.40. The normalized spacial score (nSPS) is 24.3. The summed E-state index contributed by atoms with van der Waals surface area (Å²) >= 11 is 0. The highest BCUT2D eigenvalue weighted by Gasteiger charge is 2.29. The van der Waals surface area contributed by atoms with Gasteiger partial charge in [0.2, 0.25) is 0 Å². The van der Waals surface area contributed by atoms with Gasteiger partial charge in [0.15, 0.2) is 0 Å². The number of hydrogen-bond donors (Lipinski definition) is 1. The van der Waals surface area contributed by atoms with Gasteiger partial charge in [0.25, 0.3) is 0 Å². The summed E-state index contributed by atoms with van der Waals surface area (Å²) in [6.45, 7) is 2.10. The Balaban J connectivity index is 1.65. The van der Waals surface area contributed by atoms with Crippen LogP contribution in [0, 0.1) is 6.92 Å². The van der Waals surface area contributed by atoms with Crippen LogP contribution < -0.4 is 10.5 Å². The zero-order valence-corrected chi connectivity index (χ0v) is 12.4. The first-order chi connectivity index (χ1) is 10.2. The summed E-state index contributed by atoms with van der Waals surface area (Å²) in [6.07, 6.45) is 3.59. The second-order valence-corrected chi connectivity index (χ2v) is 6.43. The summed E-state index contributed by atoms with van der Waals surface area (Å²) < 4.78 is 6.22. The molecule has 2 atom stereocenters. The molecule has 1 unspecified atom stereocenters. The first-order valence-corrected chi connectivity index (χ1v) is 7.83. The third-order valence-corrected chi connectivity index (χ3v) is 4.63. The van der Waals surface area contributed by atoms with Crippen LogP contribution in [0.5, 0.6) is 5.75 Å². The molecule has 108 valence electrons. The zero-order valence-electron chi connectivity index (χ0n) is 12.4. The van der Waals surface area contributed by atoms with E-state index in [1.54, 1.807) is 0 Å². The van der Waals surface area contributed by atoms with Gasteiger partial charge in [-0.1, -0.05) is 42.0 Å². The maximum atomic E-state index is 6.37. The number of ether oxygens (including phenoxy) is 1. The quantitative estimate of drug-likeness (QED) is 0.884.